The first-order valence-electron chi connectivity index (χ1n) is 4.95. The molecular formula is C9H20N2O4. The highest BCUT2D eigenvalue weighted by Crippen LogP contribution is 1.90. The Morgan fingerprint density at radius 3 is 2.73 bits per heavy atom. The molecule has 0 aliphatic carbocycles. The third kappa shape index (κ3) is 11.1. The van der Waals surface area contributed by atoms with Crippen molar-refractivity contribution in [1.29, 1.82) is 0 Å². The van der Waals surface area contributed by atoms with Crippen LogP contribution in [-0.4, -0.2) is 49.7 Å². The molecule has 1 unspecified atom stereocenters. The Hall–Kier alpha value is -0.850. The van der Waals surface area contributed by atoms with Crippen molar-refractivity contribution >= 4 is 6.09 Å². The highest BCUT2D eigenvalue weighted by molar-refractivity contribution is 5.64. The van der Waals surface area contributed by atoms with Crippen molar-refractivity contribution in [3.63, 3.8) is 0 Å². The molecule has 0 aromatic carbocycles. The fourth-order valence-corrected chi connectivity index (χ4v) is 0.855. The van der Waals surface area contributed by atoms with Gasteiger partial charge in [-0.2, -0.15) is 0 Å². The Morgan fingerprint density at radius 1 is 1.53 bits per heavy atom. The number of amides is 1. The molecule has 0 saturated heterocycles. The van der Waals surface area contributed by atoms with Gasteiger partial charge in [-0.3, -0.25) is 0 Å². The summed E-state index contributed by atoms with van der Waals surface area (Å²) in [6, 6.07) is 0. The van der Waals surface area contributed by atoms with E-state index < -0.39 is 12.2 Å². The first-order valence-corrected chi connectivity index (χ1v) is 4.95. The predicted octanol–water partition coefficient (Wildman–Crippen LogP) is -0.543. The lowest BCUT2D eigenvalue weighted by Crippen LogP contribution is -2.33. The standard InChI is InChI=1S/C9H20N2O4/c1-7(2)15-6-8(12)5-11-3-4-14-9(10)13/h7-8,11-12H,3-6H2,1-2H3,(H2,10,13). The van der Waals surface area contributed by atoms with E-state index in [0.717, 1.165) is 0 Å². The van der Waals surface area contributed by atoms with Crippen molar-refractivity contribution in [3.8, 4) is 0 Å². The van der Waals surface area contributed by atoms with Gasteiger partial charge >= 0.3 is 6.09 Å². The fraction of sp³-hybridized carbons (Fsp3) is 0.889. The van der Waals surface area contributed by atoms with Crippen LogP contribution < -0.4 is 11.1 Å². The summed E-state index contributed by atoms with van der Waals surface area (Å²) in [5.41, 5.74) is 4.76. The number of carbonyl (C=O) groups is 1. The van der Waals surface area contributed by atoms with Crippen LogP contribution in [0.1, 0.15) is 13.8 Å². The van der Waals surface area contributed by atoms with E-state index in [9.17, 15) is 9.90 Å². The maximum absolute atomic E-state index is 10.2. The van der Waals surface area contributed by atoms with E-state index >= 15 is 0 Å². The fourth-order valence-electron chi connectivity index (χ4n) is 0.855. The van der Waals surface area contributed by atoms with Gasteiger partial charge in [-0.1, -0.05) is 0 Å². The second-order valence-electron chi connectivity index (χ2n) is 3.41. The number of ether oxygens (including phenoxy) is 2. The predicted molar refractivity (Wildman–Crippen MR) is 55.5 cm³/mol. The maximum atomic E-state index is 10.2. The van der Waals surface area contributed by atoms with Crippen molar-refractivity contribution in [2.24, 2.45) is 5.73 Å². The van der Waals surface area contributed by atoms with E-state index in [-0.39, 0.29) is 12.7 Å². The van der Waals surface area contributed by atoms with Gasteiger partial charge in [0.05, 0.1) is 18.8 Å². The minimum atomic E-state index is -0.791. The molecule has 0 aromatic heterocycles. The number of hydrogen-bond donors (Lipinski definition) is 3. The molecule has 0 rings (SSSR count). The van der Waals surface area contributed by atoms with E-state index in [2.05, 4.69) is 10.1 Å². The quantitative estimate of drug-likeness (QED) is 0.477. The maximum Gasteiger partial charge on any atom is 0.404 e. The topological polar surface area (TPSA) is 93.8 Å². The lowest BCUT2D eigenvalue weighted by atomic mass is 10.3. The van der Waals surface area contributed by atoms with E-state index in [4.69, 9.17) is 10.5 Å². The largest absolute Gasteiger partial charge is 0.448 e. The van der Waals surface area contributed by atoms with E-state index in [1.165, 1.54) is 0 Å². The van der Waals surface area contributed by atoms with Crippen LogP contribution >= 0.6 is 0 Å². The van der Waals surface area contributed by atoms with Crippen LogP contribution in [0, 0.1) is 0 Å². The summed E-state index contributed by atoms with van der Waals surface area (Å²) in [4.78, 5) is 10.2. The van der Waals surface area contributed by atoms with E-state index in [1.54, 1.807) is 0 Å². The van der Waals surface area contributed by atoms with Gasteiger partial charge in [0.15, 0.2) is 0 Å². The number of nitrogens with two attached hydrogens (primary N) is 1. The van der Waals surface area contributed by atoms with Gasteiger partial charge < -0.3 is 25.6 Å². The minimum Gasteiger partial charge on any atom is -0.448 e. The SMILES string of the molecule is CC(C)OCC(O)CNCCOC(N)=O. The zero-order valence-corrected chi connectivity index (χ0v) is 9.23. The van der Waals surface area contributed by atoms with Crippen molar-refractivity contribution in [2.45, 2.75) is 26.1 Å². The van der Waals surface area contributed by atoms with Crippen molar-refractivity contribution < 1.29 is 19.4 Å². The summed E-state index contributed by atoms with van der Waals surface area (Å²) >= 11 is 0. The number of primary amides is 1. The van der Waals surface area contributed by atoms with Gasteiger partial charge in [-0.05, 0) is 13.8 Å². The smallest absolute Gasteiger partial charge is 0.404 e. The Kier molecular flexibility index (Phi) is 7.98. The van der Waals surface area contributed by atoms with Crippen LogP contribution in [0.3, 0.4) is 0 Å². The monoisotopic (exact) mass is 220 g/mol. The Labute approximate surface area is 89.7 Å². The zero-order valence-electron chi connectivity index (χ0n) is 9.23. The average Bonchev–Trinajstić information content (AvgIpc) is 2.13. The molecule has 0 heterocycles. The van der Waals surface area contributed by atoms with Crippen LogP contribution in [0.15, 0.2) is 0 Å². The highest BCUT2D eigenvalue weighted by atomic mass is 16.5. The molecule has 0 aromatic rings. The van der Waals surface area contributed by atoms with Gasteiger partial charge in [0.1, 0.15) is 6.61 Å². The normalized spacial score (nSPS) is 12.8. The van der Waals surface area contributed by atoms with Crippen LogP contribution in [0.2, 0.25) is 0 Å². The summed E-state index contributed by atoms with van der Waals surface area (Å²) in [6.07, 6.45) is -1.24. The van der Waals surface area contributed by atoms with Gasteiger partial charge in [-0.25, -0.2) is 4.79 Å². The van der Waals surface area contributed by atoms with Gasteiger partial charge in [-0.15, -0.1) is 0 Å². The summed E-state index contributed by atoms with van der Waals surface area (Å²) in [5, 5.41) is 12.3. The summed E-state index contributed by atoms with van der Waals surface area (Å²) < 4.78 is 9.69. The Balaban J connectivity index is 3.23. The molecule has 4 N–H and O–H groups in total. The third-order valence-electron chi connectivity index (χ3n) is 1.53. The highest BCUT2D eigenvalue weighted by Gasteiger charge is 2.04. The summed E-state index contributed by atoms with van der Waals surface area (Å²) in [6.45, 7) is 5.16. The minimum absolute atomic E-state index is 0.109. The summed E-state index contributed by atoms with van der Waals surface area (Å²) in [7, 11) is 0. The average molecular weight is 220 g/mol. The number of carbonyl (C=O) groups excluding carboxylic acids is 1. The Bertz CT molecular complexity index is 175. The number of rotatable bonds is 8. The molecule has 6 nitrogen and oxygen atoms in total. The number of hydrogen-bond acceptors (Lipinski definition) is 5. The molecule has 1 amide bonds. The second kappa shape index (κ2) is 8.46. The first kappa shape index (κ1) is 14.2. The van der Waals surface area contributed by atoms with Gasteiger partial charge in [0.2, 0.25) is 0 Å². The van der Waals surface area contributed by atoms with Crippen LogP contribution in [-0.2, 0) is 9.47 Å². The first-order chi connectivity index (χ1) is 7.02. The van der Waals surface area contributed by atoms with Crippen LogP contribution in [0.5, 0.6) is 0 Å². The van der Waals surface area contributed by atoms with Crippen LogP contribution in [0.25, 0.3) is 0 Å². The van der Waals surface area contributed by atoms with E-state index in [1.807, 2.05) is 13.8 Å². The molecule has 90 valence electrons. The lowest BCUT2D eigenvalue weighted by Gasteiger charge is -2.13. The molecule has 0 aliphatic rings. The number of nitrogens with one attached hydrogen (secondary N) is 1. The molecule has 0 fully saturated rings. The molecule has 0 saturated carbocycles. The third-order valence-corrected chi connectivity index (χ3v) is 1.53. The number of aliphatic hydroxyl groups is 1. The van der Waals surface area contributed by atoms with Crippen molar-refractivity contribution in [3.05, 3.63) is 0 Å². The molecule has 1 atom stereocenters. The van der Waals surface area contributed by atoms with E-state index in [0.29, 0.717) is 19.7 Å². The van der Waals surface area contributed by atoms with Gasteiger partial charge in [0, 0.05) is 13.1 Å². The van der Waals surface area contributed by atoms with Gasteiger partial charge in [0.25, 0.3) is 0 Å². The zero-order chi connectivity index (χ0) is 11.7. The van der Waals surface area contributed by atoms with Crippen LogP contribution in [0.4, 0.5) is 4.79 Å². The lowest BCUT2D eigenvalue weighted by molar-refractivity contribution is 0.00611. The summed E-state index contributed by atoms with van der Waals surface area (Å²) in [5.74, 6) is 0. The molecular weight excluding hydrogens is 200 g/mol. The molecule has 0 bridgehead atoms. The molecule has 0 aliphatic heterocycles. The van der Waals surface area contributed by atoms with Crippen molar-refractivity contribution in [1.82, 2.24) is 5.32 Å². The molecule has 15 heavy (non-hydrogen) atoms. The second-order valence-corrected chi connectivity index (χ2v) is 3.41. The van der Waals surface area contributed by atoms with Crippen molar-refractivity contribution in [2.75, 3.05) is 26.3 Å². The molecule has 6 heteroatoms. The molecule has 0 spiro atoms. The Morgan fingerprint density at radius 2 is 2.20 bits per heavy atom. The molecule has 0 radical (unpaired) electrons. The number of aliphatic hydroxyl groups excluding tert-OH is 1.